The van der Waals surface area contributed by atoms with Gasteiger partial charge in [-0.25, -0.2) is 4.98 Å². The van der Waals surface area contributed by atoms with E-state index in [1.165, 1.54) is 5.56 Å². The van der Waals surface area contributed by atoms with Crippen molar-refractivity contribution in [3.8, 4) is 0 Å². The molecule has 2 rings (SSSR count). The first-order chi connectivity index (χ1) is 9.72. The van der Waals surface area contributed by atoms with E-state index in [1.807, 2.05) is 31.2 Å². The molecule has 106 valence electrons. The monoisotopic (exact) mass is 270 g/mol. The summed E-state index contributed by atoms with van der Waals surface area (Å²) in [4.78, 5) is 11.3. The van der Waals surface area contributed by atoms with Gasteiger partial charge in [0.05, 0.1) is 0 Å². The first kappa shape index (κ1) is 14.3. The highest BCUT2D eigenvalue weighted by atomic mass is 15.3. The maximum atomic E-state index is 4.59. The molecule has 1 N–H and O–H groups in total. The quantitative estimate of drug-likeness (QED) is 0.875. The van der Waals surface area contributed by atoms with Gasteiger partial charge in [0.2, 0.25) is 5.95 Å². The van der Waals surface area contributed by atoms with Crippen LogP contribution in [0, 0.1) is 6.92 Å². The minimum Gasteiger partial charge on any atom is -0.366 e. The van der Waals surface area contributed by atoms with Gasteiger partial charge in [-0.3, -0.25) is 0 Å². The van der Waals surface area contributed by atoms with Crippen molar-refractivity contribution in [3.63, 3.8) is 0 Å². The van der Waals surface area contributed by atoms with E-state index in [1.54, 1.807) is 0 Å². The molecule has 0 fully saturated rings. The zero-order valence-electron chi connectivity index (χ0n) is 12.4. The van der Waals surface area contributed by atoms with Gasteiger partial charge in [-0.05, 0) is 26.3 Å². The van der Waals surface area contributed by atoms with E-state index in [0.717, 1.165) is 37.1 Å². The Kier molecular flexibility index (Phi) is 4.93. The average Bonchev–Trinajstić information content (AvgIpc) is 2.47. The number of hydrogen-bond donors (Lipinski definition) is 1. The zero-order valence-corrected chi connectivity index (χ0v) is 12.4. The molecular weight excluding hydrogens is 248 g/mol. The number of benzene rings is 1. The minimum atomic E-state index is 0.773. The van der Waals surface area contributed by atoms with Crippen molar-refractivity contribution >= 4 is 11.8 Å². The lowest BCUT2D eigenvalue weighted by molar-refractivity contribution is 0.816. The summed E-state index contributed by atoms with van der Waals surface area (Å²) in [6.45, 7) is 8.84. The lowest BCUT2D eigenvalue weighted by atomic mass is 10.2. The van der Waals surface area contributed by atoms with Crippen LogP contribution in [0.4, 0.5) is 11.8 Å². The van der Waals surface area contributed by atoms with Gasteiger partial charge in [-0.1, -0.05) is 30.3 Å². The Bertz CT molecular complexity index is 535. The molecule has 0 aliphatic rings. The van der Waals surface area contributed by atoms with Crippen molar-refractivity contribution in [2.45, 2.75) is 27.3 Å². The molecule has 0 aliphatic heterocycles. The summed E-state index contributed by atoms with van der Waals surface area (Å²) < 4.78 is 0. The van der Waals surface area contributed by atoms with Crippen LogP contribution in [0.15, 0.2) is 36.4 Å². The fourth-order valence-corrected chi connectivity index (χ4v) is 2.08. The fourth-order valence-electron chi connectivity index (χ4n) is 2.08. The van der Waals surface area contributed by atoms with Crippen LogP contribution >= 0.6 is 0 Å². The third-order valence-electron chi connectivity index (χ3n) is 3.21. The number of rotatable bonds is 6. The van der Waals surface area contributed by atoms with Crippen LogP contribution in [0.3, 0.4) is 0 Å². The number of nitrogens with zero attached hydrogens (tertiary/aromatic N) is 3. The Labute approximate surface area is 120 Å². The van der Waals surface area contributed by atoms with Gasteiger partial charge in [0.15, 0.2) is 0 Å². The van der Waals surface area contributed by atoms with Gasteiger partial charge in [0, 0.05) is 31.4 Å². The van der Waals surface area contributed by atoms with E-state index in [0.29, 0.717) is 0 Å². The Morgan fingerprint density at radius 3 is 2.40 bits per heavy atom. The maximum Gasteiger partial charge on any atom is 0.227 e. The largest absolute Gasteiger partial charge is 0.366 e. The number of nitrogens with one attached hydrogen (secondary N) is 1. The predicted octanol–water partition coefficient (Wildman–Crippen LogP) is 3.24. The van der Waals surface area contributed by atoms with Crippen LogP contribution in [0.25, 0.3) is 0 Å². The van der Waals surface area contributed by atoms with Crippen LogP contribution in [0.2, 0.25) is 0 Å². The number of hydrogen-bond acceptors (Lipinski definition) is 4. The SMILES string of the molecule is CCN(CC)c1nc(C)cc(NCc2ccccc2)n1. The van der Waals surface area contributed by atoms with Crippen LogP contribution < -0.4 is 10.2 Å². The summed E-state index contributed by atoms with van der Waals surface area (Å²) in [5.74, 6) is 1.67. The summed E-state index contributed by atoms with van der Waals surface area (Å²) in [5, 5.41) is 3.37. The topological polar surface area (TPSA) is 41.1 Å². The molecule has 0 radical (unpaired) electrons. The first-order valence-electron chi connectivity index (χ1n) is 7.11. The van der Waals surface area contributed by atoms with E-state index in [4.69, 9.17) is 0 Å². The van der Waals surface area contributed by atoms with Crippen molar-refractivity contribution in [1.82, 2.24) is 9.97 Å². The molecule has 2 aromatic rings. The van der Waals surface area contributed by atoms with Gasteiger partial charge < -0.3 is 10.2 Å². The number of aryl methyl sites for hydroxylation is 1. The van der Waals surface area contributed by atoms with Gasteiger partial charge in [0.25, 0.3) is 0 Å². The summed E-state index contributed by atoms with van der Waals surface area (Å²) in [7, 11) is 0. The average molecular weight is 270 g/mol. The Balaban J connectivity index is 2.12. The van der Waals surface area contributed by atoms with Crippen LogP contribution in [0.1, 0.15) is 25.1 Å². The molecule has 1 heterocycles. The summed E-state index contributed by atoms with van der Waals surface area (Å²) in [6, 6.07) is 12.3. The fraction of sp³-hybridized carbons (Fsp3) is 0.375. The minimum absolute atomic E-state index is 0.773. The van der Waals surface area contributed by atoms with Crippen molar-refractivity contribution in [2.24, 2.45) is 0 Å². The Morgan fingerprint density at radius 1 is 1.05 bits per heavy atom. The van der Waals surface area contributed by atoms with E-state index in [-0.39, 0.29) is 0 Å². The molecular formula is C16H22N4. The summed E-state index contributed by atoms with van der Waals surface area (Å²) in [6.07, 6.45) is 0. The van der Waals surface area contributed by atoms with Crippen molar-refractivity contribution in [2.75, 3.05) is 23.3 Å². The molecule has 4 nitrogen and oxygen atoms in total. The molecule has 0 bridgehead atoms. The van der Waals surface area contributed by atoms with Gasteiger partial charge in [-0.15, -0.1) is 0 Å². The second-order valence-corrected chi connectivity index (χ2v) is 4.71. The van der Waals surface area contributed by atoms with Crippen LogP contribution in [0.5, 0.6) is 0 Å². The molecule has 4 heteroatoms. The first-order valence-corrected chi connectivity index (χ1v) is 7.11. The Hall–Kier alpha value is -2.10. The maximum absolute atomic E-state index is 4.59. The summed E-state index contributed by atoms with van der Waals surface area (Å²) >= 11 is 0. The number of aromatic nitrogens is 2. The second kappa shape index (κ2) is 6.89. The molecule has 0 atom stereocenters. The molecule has 0 aliphatic carbocycles. The molecule has 0 saturated carbocycles. The van der Waals surface area contributed by atoms with Crippen molar-refractivity contribution in [3.05, 3.63) is 47.7 Å². The lowest BCUT2D eigenvalue weighted by Crippen LogP contribution is -2.24. The molecule has 1 aromatic heterocycles. The highest BCUT2D eigenvalue weighted by Crippen LogP contribution is 2.14. The third-order valence-corrected chi connectivity index (χ3v) is 3.21. The standard InChI is InChI=1S/C16H22N4/c1-4-20(5-2)16-18-13(3)11-15(19-16)17-12-14-9-7-6-8-10-14/h6-11H,4-5,12H2,1-3H3,(H,17,18,19). The van der Waals surface area contributed by atoms with Crippen molar-refractivity contribution < 1.29 is 0 Å². The van der Waals surface area contributed by atoms with E-state index in [9.17, 15) is 0 Å². The van der Waals surface area contributed by atoms with Gasteiger partial charge in [0.1, 0.15) is 5.82 Å². The lowest BCUT2D eigenvalue weighted by Gasteiger charge is -2.19. The van der Waals surface area contributed by atoms with E-state index < -0.39 is 0 Å². The zero-order chi connectivity index (χ0) is 14.4. The highest BCUT2D eigenvalue weighted by Gasteiger charge is 2.07. The van der Waals surface area contributed by atoms with Gasteiger partial charge >= 0.3 is 0 Å². The molecule has 20 heavy (non-hydrogen) atoms. The van der Waals surface area contributed by atoms with E-state index >= 15 is 0 Å². The van der Waals surface area contributed by atoms with Crippen LogP contribution in [-0.4, -0.2) is 23.1 Å². The predicted molar refractivity (Wildman–Crippen MR) is 84.1 cm³/mol. The van der Waals surface area contributed by atoms with Gasteiger partial charge in [-0.2, -0.15) is 4.98 Å². The second-order valence-electron chi connectivity index (χ2n) is 4.71. The molecule has 0 unspecified atom stereocenters. The third kappa shape index (κ3) is 3.70. The van der Waals surface area contributed by atoms with Crippen molar-refractivity contribution in [1.29, 1.82) is 0 Å². The smallest absolute Gasteiger partial charge is 0.227 e. The molecule has 1 aromatic carbocycles. The molecule has 0 spiro atoms. The summed E-state index contributed by atoms with van der Waals surface area (Å²) in [5.41, 5.74) is 2.23. The molecule has 0 saturated heterocycles. The Morgan fingerprint density at radius 2 is 1.75 bits per heavy atom. The normalized spacial score (nSPS) is 10.3. The highest BCUT2D eigenvalue weighted by molar-refractivity contribution is 5.44. The molecule has 0 amide bonds. The van der Waals surface area contributed by atoms with Crippen LogP contribution in [-0.2, 0) is 6.54 Å². The van der Waals surface area contributed by atoms with E-state index in [2.05, 4.69) is 46.2 Å². The number of anilines is 2.